The van der Waals surface area contributed by atoms with Crippen LogP contribution in [0.25, 0.3) is 0 Å². The van der Waals surface area contributed by atoms with Gasteiger partial charge in [-0.2, -0.15) is 0 Å². The van der Waals surface area contributed by atoms with Gasteiger partial charge in [-0.25, -0.2) is 15.0 Å². The summed E-state index contributed by atoms with van der Waals surface area (Å²) >= 11 is 0. The summed E-state index contributed by atoms with van der Waals surface area (Å²) in [7, 11) is 3.75. The van der Waals surface area contributed by atoms with Crippen molar-refractivity contribution in [1.82, 2.24) is 15.0 Å². The van der Waals surface area contributed by atoms with Crippen molar-refractivity contribution in [1.29, 1.82) is 0 Å². The van der Waals surface area contributed by atoms with Crippen molar-refractivity contribution >= 4 is 17.3 Å². The van der Waals surface area contributed by atoms with Crippen LogP contribution in [0.3, 0.4) is 0 Å². The van der Waals surface area contributed by atoms with Crippen LogP contribution >= 0.6 is 0 Å². The summed E-state index contributed by atoms with van der Waals surface area (Å²) in [4.78, 5) is 8.21. The summed E-state index contributed by atoms with van der Waals surface area (Å²) < 4.78 is 0. The van der Waals surface area contributed by atoms with Crippen molar-refractivity contribution in [3.63, 3.8) is 0 Å². The molecule has 0 saturated heterocycles. The summed E-state index contributed by atoms with van der Waals surface area (Å²) in [6, 6.07) is 0. The van der Waals surface area contributed by atoms with E-state index in [2.05, 4.69) is 20.7 Å². The Kier molecular flexibility index (Phi) is 3.54. The summed E-state index contributed by atoms with van der Waals surface area (Å²) in [5.41, 5.74) is 9.41. The molecule has 0 aromatic carbocycles. The second kappa shape index (κ2) is 4.52. The van der Waals surface area contributed by atoms with Gasteiger partial charge in [-0.3, -0.25) is 0 Å². The largest absolute Gasteiger partial charge is 0.393 e. The number of aromatic nitrogens is 2. The zero-order chi connectivity index (χ0) is 12.3. The van der Waals surface area contributed by atoms with Crippen LogP contribution in [0.15, 0.2) is 6.33 Å². The molecule has 0 spiro atoms. The molecule has 0 bridgehead atoms. The zero-order valence-electron chi connectivity index (χ0n) is 10.5. The summed E-state index contributed by atoms with van der Waals surface area (Å²) in [6.45, 7) is 6.15. The van der Waals surface area contributed by atoms with Gasteiger partial charge in [-0.1, -0.05) is 0 Å². The topological polar surface area (TPSA) is 79.1 Å². The number of hydrazine groups is 1. The lowest BCUT2D eigenvalue weighted by Gasteiger charge is -2.23. The Morgan fingerprint density at radius 1 is 1.19 bits per heavy atom. The van der Waals surface area contributed by atoms with E-state index in [1.807, 2.05) is 34.9 Å². The number of hydrogen-bond donors (Lipinski definition) is 3. The van der Waals surface area contributed by atoms with Crippen molar-refractivity contribution in [2.24, 2.45) is 0 Å². The van der Waals surface area contributed by atoms with Gasteiger partial charge in [0.25, 0.3) is 0 Å². The second-order valence-corrected chi connectivity index (χ2v) is 4.87. The van der Waals surface area contributed by atoms with Gasteiger partial charge in [0.05, 0.1) is 0 Å². The van der Waals surface area contributed by atoms with Crippen LogP contribution in [-0.2, 0) is 0 Å². The van der Waals surface area contributed by atoms with Gasteiger partial charge in [-0.15, -0.1) is 0 Å². The molecule has 90 valence electrons. The molecular formula is C10H20N6. The Morgan fingerprint density at radius 2 is 1.75 bits per heavy atom. The Hall–Kier alpha value is -1.56. The molecule has 0 aliphatic heterocycles. The normalized spacial score (nSPS) is 11.6. The minimum absolute atomic E-state index is 0.0855. The van der Waals surface area contributed by atoms with Crippen LogP contribution in [0.5, 0.6) is 0 Å². The maximum Gasteiger partial charge on any atom is 0.169 e. The Morgan fingerprint density at radius 3 is 2.25 bits per heavy atom. The number of rotatable bonds is 3. The molecule has 0 aliphatic rings. The molecule has 1 heterocycles. The Labute approximate surface area is 96.2 Å². The molecule has 0 fully saturated rings. The van der Waals surface area contributed by atoms with E-state index in [4.69, 9.17) is 5.73 Å². The van der Waals surface area contributed by atoms with Crippen LogP contribution in [0.2, 0.25) is 0 Å². The van der Waals surface area contributed by atoms with Gasteiger partial charge < -0.3 is 16.5 Å². The highest BCUT2D eigenvalue weighted by Crippen LogP contribution is 2.24. The lowest BCUT2D eigenvalue weighted by Crippen LogP contribution is -2.28. The molecule has 0 atom stereocenters. The first-order chi connectivity index (χ1) is 7.29. The molecule has 1 aromatic heterocycles. The van der Waals surface area contributed by atoms with Crippen LogP contribution < -0.4 is 16.5 Å². The molecule has 6 nitrogen and oxygen atoms in total. The van der Waals surface area contributed by atoms with Crippen molar-refractivity contribution in [2.75, 3.05) is 30.6 Å². The molecule has 1 aromatic rings. The highest BCUT2D eigenvalue weighted by Gasteiger charge is 2.14. The second-order valence-electron chi connectivity index (χ2n) is 4.87. The number of hydrogen-bond acceptors (Lipinski definition) is 6. The number of nitrogen functional groups attached to an aromatic ring is 1. The minimum Gasteiger partial charge on any atom is -0.393 e. The molecular weight excluding hydrogens is 204 g/mol. The molecule has 1 rings (SSSR count). The molecule has 6 heteroatoms. The van der Waals surface area contributed by atoms with E-state index in [0.717, 1.165) is 0 Å². The van der Waals surface area contributed by atoms with Gasteiger partial charge in [0.15, 0.2) is 11.6 Å². The minimum atomic E-state index is -0.0855. The third-order valence-electron chi connectivity index (χ3n) is 1.71. The van der Waals surface area contributed by atoms with E-state index in [-0.39, 0.29) is 5.54 Å². The molecule has 0 radical (unpaired) electrons. The van der Waals surface area contributed by atoms with Crippen molar-refractivity contribution in [2.45, 2.75) is 26.3 Å². The van der Waals surface area contributed by atoms with Crippen molar-refractivity contribution in [3.05, 3.63) is 6.33 Å². The SMILES string of the molecule is CN(C)Nc1ncnc(NC(C)(C)C)c1N. The van der Waals surface area contributed by atoms with Crippen LogP contribution in [0.4, 0.5) is 17.3 Å². The van der Waals surface area contributed by atoms with E-state index in [0.29, 0.717) is 17.3 Å². The average molecular weight is 224 g/mol. The predicted molar refractivity (Wildman–Crippen MR) is 67.1 cm³/mol. The summed E-state index contributed by atoms with van der Waals surface area (Å²) in [6.07, 6.45) is 1.48. The predicted octanol–water partition coefficient (Wildman–Crippen LogP) is 1.16. The zero-order valence-corrected chi connectivity index (χ0v) is 10.5. The van der Waals surface area contributed by atoms with Gasteiger partial charge in [0.1, 0.15) is 12.0 Å². The monoisotopic (exact) mass is 224 g/mol. The fourth-order valence-electron chi connectivity index (χ4n) is 1.15. The van der Waals surface area contributed by atoms with Gasteiger partial charge in [-0.05, 0) is 20.8 Å². The fraction of sp³-hybridized carbons (Fsp3) is 0.600. The van der Waals surface area contributed by atoms with Crippen LogP contribution in [0, 0.1) is 0 Å². The van der Waals surface area contributed by atoms with E-state index >= 15 is 0 Å². The maximum atomic E-state index is 5.96. The van der Waals surface area contributed by atoms with E-state index < -0.39 is 0 Å². The van der Waals surface area contributed by atoms with Crippen molar-refractivity contribution in [3.8, 4) is 0 Å². The number of nitrogens with one attached hydrogen (secondary N) is 2. The molecule has 0 unspecified atom stereocenters. The van der Waals surface area contributed by atoms with E-state index in [1.165, 1.54) is 6.33 Å². The Balaban J connectivity index is 2.95. The third-order valence-corrected chi connectivity index (χ3v) is 1.71. The lowest BCUT2D eigenvalue weighted by atomic mass is 10.1. The third kappa shape index (κ3) is 3.54. The summed E-state index contributed by atoms with van der Waals surface area (Å²) in [5.74, 6) is 1.25. The molecule has 4 N–H and O–H groups in total. The maximum absolute atomic E-state index is 5.96. The number of anilines is 3. The highest BCUT2D eigenvalue weighted by atomic mass is 15.5. The van der Waals surface area contributed by atoms with Crippen LogP contribution in [-0.4, -0.2) is 34.6 Å². The summed E-state index contributed by atoms with van der Waals surface area (Å²) in [5, 5.41) is 5.01. The van der Waals surface area contributed by atoms with E-state index in [9.17, 15) is 0 Å². The smallest absolute Gasteiger partial charge is 0.169 e. The fourth-order valence-corrected chi connectivity index (χ4v) is 1.15. The average Bonchev–Trinajstić information content (AvgIpc) is 2.09. The highest BCUT2D eigenvalue weighted by molar-refractivity contribution is 5.74. The standard InChI is InChI=1S/C10H20N6/c1-10(2,3)14-8-7(11)9(13-6-12-8)15-16(4)5/h6H,11H2,1-5H3,(H2,12,13,14,15). The molecule has 0 aliphatic carbocycles. The Bertz CT molecular complexity index is 355. The number of nitrogens with zero attached hydrogens (tertiary/aromatic N) is 3. The first kappa shape index (κ1) is 12.5. The molecule has 0 amide bonds. The van der Waals surface area contributed by atoms with Crippen molar-refractivity contribution < 1.29 is 0 Å². The lowest BCUT2D eigenvalue weighted by molar-refractivity contribution is 0.492. The van der Waals surface area contributed by atoms with Gasteiger partial charge in [0.2, 0.25) is 0 Å². The first-order valence-electron chi connectivity index (χ1n) is 5.12. The van der Waals surface area contributed by atoms with Crippen LogP contribution in [0.1, 0.15) is 20.8 Å². The number of nitrogens with two attached hydrogens (primary N) is 1. The van der Waals surface area contributed by atoms with Gasteiger partial charge in [0, 0.05) is 19.6 Å². The van der Waals surface area contributed by atoms with Gasteiger partial charge >= 0.3 is 0 Å². The quantitative estimate of drug-likeness (QED) is 0.669. The van der Waals surface area contributed by atoms with E-state index in [1.54, 1.807) is 5.01 Å². The molecule has 16 heavy (non-hydrogen) atoms. The molecule has 0 saturated carbocycles. The first-order valence-corrected chi connectivity index (χ1v) is 5.12.